The van der Waals surface area contributed by atoms with E-state index in [0.717, 1.165) is 6.42 Å². The molecule has 0 amide bonds. The molecule has 2 heterocycles. The third-order valence-corrected chi connectivity index (χ3v) is 3.59. The Balaban J connectivity index is 2.15. The fourth-order valence-electron chi connectivity index (χ4n) is 2.47. The molecule has 3 unspecified atom stereocenters. The number of hydrogen-bond acceptors (Lipinski definition) is 6. The Bertz CT molecular complexity index is 586. The van der Waals surface area contributed by atoms with Gasteiger partial charge in [-0.25, -0.2) is 4.99 Å². The zero-order valence-corrected chi connectivity index (χ0v) is 13.4. The first kappa shape index (κ1) is 17.3. The van der Waals surface area contributed by atoms with Crippen molar-refractivity contribution in [2.75, 3.05) is 13.2 Å². The van der Waals surface area contributed by atoms with Crippen molar-refractivity contribution < 1.29 is 14.6 Å². The van der Waals surface area contributed by atoms with Crippen LogP contribution < -0.4 is 5.73 Å². The third-order valence-electron chi connectivity index (χ3n) is 3.59. The molecule has 0 aromatic carbocycles. The number of amidine groups is 1. The molecule has 6 nitrogen and oxygen atoms in total. The Kier molecular flexibility index (Phi) is 5.99. The second kappa shape index (κ2) is 7.97. The summed E-state index contributed by atoms with van der Waals surface area (Å²) in [5.74, 6) is 6.80. The largest absolute Gasteiger partial charge is 0.394 e. The van der Waals surface area contributed by atoms with Gasteiger partial charge in [0.15, 0.2) is 0 Å². The zero-order chi connectivity index (χ0) is 16.8. The molecule has 0 radical (unpaired) electrons. The number of aliphatic imine (C=N–C) groups is 1. The molecule has 0 aromatic rings. The van der Waals surface area contributed by atoms with Crippen LogP contribution >= 0.6 is 0 Å². The summed E-state index contributed by atoms with van der Waals surface area (Å²) in [5.41, 5.74) is 6.53. The lowest BCUT2D eigenvalue weighted by Crippen LogP contribution is -2.34. The quantitative estimate of drug-likeness (QED) is 0.586. The second-order valence-corrected chi connectivity index (χ2v) is 5.23. The van der Waals surface area contributed by atoms with Crippen LogP contribution in [0.3, 0.4) is 0 Å². The van der Waals surface area contributed by atoms with Crippen molar-refractivity contribution in [1.29, 1.82) is 0 Å². The molecule has 3 atom stereocenters. The van der Waals surface area contributed by atoms with Crippen molar-refractivity contribution in [2.45, 2.75) is 38.2 Å². The molecular formula is C17H23N3O3. The summed E-state index contributed by atoms with van der Waals surface area (Å²) in [7, 11) is 0. The van der Waals surface area contributed by atoms with Gasteiger partial charge in [-0.3, -0.25) is 0 Å². The van der Waals surface area contributed by atoms with Crippen molar-refractivity contribution in [1.82, 2.24) is 4.90 Å². The minimum atomic E-state index is -0.394. The molecule has 23 heavy (non-hydrogen) atoms. The van der Waals surface area contributed by atoms with Gasteiger partial charge in [0.2, 0.25) is 0 Å². The van der Waals surface area contributed by atoms with Gasteiger partial charge in [-0.05, 0) is 0 Å². The maximum atomic E-state index is 9.47. The molecule has 0 saturated carbocycles. The molecule has 0 spiro atoms. The summed E-state index contributed by atoms with van der Waals surface area (Å²) in [6.07, 6.45) is 3.85. The molecule has 1 fully saturated rings. The van der Waals surface area contributed by atoms with E-state index in [2.05, 4.69) is 30.0 Å². The van der Waals surface area contributed by atoms with Crippen LogP contribution in [0, 0.1) is 11.8 Å². The predicted octanol–water partition coefficient (Wildman–Crippen LogP) is 1.11. The predicted molar refractivity (Wildman–Crippen MR) is 89.1 cm³/mol. The van der Waals surface area contributed by atoms with Crippen molar-refractivity contribution in [3.8, 4) is 11.8 Å². The van der Waals surface area contributed by atoms with Gasteiger partial charge in [0.1, 0.15) is 24.0 Å². The molecule has 2 aliphatic rings. The van der Waals surface area contributed by atoms with Crippen LogP contribution in [0.1, 0.15) is 19.8 Å². The van der Waals surface area contributed by atoms with Crippen LogP contribution in [0.15, 0.2) is 41.8 Å². The minimum Gasteiger partial charge on any atom is -0.394 e. The Hall–Kier alpha value is -2.07. The number of aliphatic hydroxyl groups is 1. The number of rotatable bonds is 5. The SMILES string of the molecule is C=CCOC1CC(N2C=C(C#CCC)C(N)=NC2=C)OC1CO. The van der Waals surface area contributed by atoms with E-state index in [1.807, 2.05) is 6.92 Å². The normalized spacial score (nSPS) is 27.1. The lowest BCUT2D eigenvalue weighted by Gasteiger charge is -2.29. The maximum absolute atomic E-state index is 9.47. The first-order valence-corrected chi connectivity index (χ1v) is 7.62. The van der Waals surface area contributed by atoms with Crippen LogP contribution in [0.25, 0.3) is 0 Å². The van der Waals surface area contributed by atoms with Crippen LogP contribution in [0.2, 0.25) is 0 Å². The Morgan fingerprint density at radius 3 is 3.09 bits per heavy atom. The molecule has 6 heteroatoms. The van der Waals surface area contributed by atoms with Gasteiger partial charge >= 0.3 is 0 Å². The Morgan fingerprint density at radius 1 is 1.65 bits per heavy atom. The molecule has 2 aliphatic heterocycles. The number of ether oxygens (including phenoxy) is 2. The van der Waals surface area contributed by atoms with Gasteiger partial charge < -0.3 is 25.2 Å². The molecular weight excluding hydrogens is 294 g/mol. The summed E-state index contributed by atoms with van der Waals surface area (Å²) < 4.78 is 11.5. The third kappa shape index (κ3) is 4.02. The standard InChI is InChI=1S/C17H23N3O3/c1-4-6-7-13-10-20(12(3)19-17(13)18)16-9-14(22-8-5-2)15(11-21)23-16/h5,10,14-16,21H,2-4,8-9,11H2,1H3,(H2,18,19). The highest BCUT2D eigenvalue weighted by atomic mass is 16.6. The van der Waals surface area contributed by atoms with E-state index in [9.17, 15) is 5.11 Å². The zero-order valence-electron chi connectivity index (χ0n) is 13.4. The minimum absolute atomic E-state index is 0.115. The summed E-state index contributed by atoms with van der Waals surface area (Å²) in [5, 5.41) is 9.47. The molecule has 0 aliphatic carbocycles. The number of hydrogen-bond donors (Lipinski definition) is 2. The van der Waals surface area contributed by atoms with E-state index < -0.39 is 6.10 Å². The van der Waals surface area contributed by atoms with Gasteiger partial charge in [0.25, 0.3) is 0 Å². The molecule has 0 bridgehead atoms. The average Bonchev–Trinajstić information content (AvgIpc) is 2.95. The van der Waals surface area contributed by atoms with Crippen molar-refractivity contribution in [3.05, 3.63) is 36.8 Å². The van der Waals surface area contributed by atoms with E-state index in [1.165, 1.54) is 0 Å². The highest BCUT2D eigenvalue weighted by Gasteiger charge is 2.39. The van der Waals surface area contributed by atoms with Gasteiger partial charge in [0, 0.05) is 19.0 Å². The number of nitrogens with two attached hydrogens (primary N) is 1. The fourth-order valence-corrected chi connectivity index (χ4v) is 2.47. The lowest BCUT2D eigenvalue weighted by molar-refractivity contribution is -0.0660. The van der Waals surface area contributed by atoms with Crippen LogP contribution in [0.4, 0.5) is 0 Å². The van der Waals surface area contributed by atoms with E-state index in [-0.39, 0.29) is 18.9 Å². The fraction of sp³-hybridized carbons (Fsp3) is 0.471. The van der Waals surface area contributed by atoms with E-state index in [1.54, 1.807) is 17.2 Å². The highest BCUT2D eigenvalue weighted by Crippen LogP contribution is 2.30. The summed E-state index contributed by atoms with van der Waals surface area (Å²) >= 11 is 0. The van der Waals surface area contributed by atoms with Crippen molar-refractivity contribution in [3.63, 3.8) is 0 Å². The highest BCUT2D eigenvalue weighted by molar-refractivity contribution is 6.02. The van der Waals surface area contributed by atoms with E-state index >= 15 is 0 Å². The first-order valence-electron chi connectivity index (χ1n) is 7.62. The summed E-state index contributed by atoms with van der Waals surface area (Å²) in [4.78, 5) is 6.02. The second-order valence-electron chi connectivity index (χ2n) is 5.23. The van der Waals surface area contributed by atoms with Crippen molar-refractivity contribution in [2.24, 2.45) is 10.7 Å². The number of aliphatic hydroxyl groups excluding tert-OH is 1. The van der Waals surface area contributed by atoms with Crippen LogP contribution in [0.5, 0.6) is 0 Å². The van der Waals surface area contributed by atoms with Crippen LogP contribution in [-0.2, 0) is 9.47 Å². The topological polar surface area (TPSA) is 80.3 Å². The summed E-state index contributed by atoms with van der Waals surface area (Å²) in [6, 6.07) is 0. The smallest absolute Gasteiger partial charge is 0.143 e. The van der Waals surface area contributed by atoms with Crippen LogP contribution in [-0.4, -0.2) is 47.5 Å². The Labute approximate surface area is 137 Å². The van der Waals surface area contributed by atoms with Gasteiger partial charge in [-0.1, -0.05) is 31.4 Å². The molecule has 0 aromatic heterocycles. The van der Waals surface area contributed by atoms with Gasteiger partial charge in [-0.2, -0.15) is 0 Å². The molecule has 2 rings (SSSR count). The van der Waals surface area contributed by atoms with E-state index in [4.69, 9.17) is 15.2 Å². The molecule has 1 saturated heterocycles. The average molecular weight is 317 g/mol. The van der Waals surface area contributed by atoms with Crippen molar-refractivity contribution >= 4 is 5.84 Å². The first-order chi connectivity index (χ1) is 11.1. The number of nitrogens with zero attached hydrogens (tertiary/aromatic N) is 2. The lowest BCUT2D eigenvalue weighted by atomic mass is 10.1. The monoisotopic (exact) mass is 317 g/mol. The molecule has 124 valence electrons. The molecule has 3 N–H and O–H groups in total. The maximum Gasteiger partial charge on any atom is 0.143 e. The summed E-state index contributed by atoms with van der Waals surface area (Å²) in [6.45, 7) is 9.80. The Morgan fingerprint density at radius 2 is 2.43 bits per heavy atom. The van der Waals surface area contributed by atoms with Gasteiger partial charge in [0.05, 0.1) is 24.9 Å². The van der Waals surface area contributed by atoms with Gasteiger partial charge in [-0.15, -0.1) is 6.58 Å². The van der Waals surface area contributed by atoms with E-state index in [0.29, 0.717) is 30.3 Å².